The van der Waals surface area contributed by atoms with Gasteiger partial charge < -0.3 is 0 Å². The molecule has 11 heavy (non-hydrogen) atoms. The lowest BCUT2D eigenvalue weighted by Crippen LogP contribution is -2.14. The standard InChI is InChI=1S/C10H21S/c1-8(2)9(3)11-7-10(4,5)6/h8-9H,4,7H2,1-3,5-6H3. The number of thioether (sulfide) groups is 1. The van der Waals surface area contributed by atoms with Gasteiger partial charge >= 0.3 is 0 Å². The Labute approximate surface area is 76.1 Å². The van der Waals surface area contributed by atoms with Crippen molar-refractivity contribution in [2.24, 2.45) is 11.3 Å². The minimum Gasteiger partial charge on any atom is -0.158 e. The molecule has 0 heterocycles. The van der Waals surface area contributed by atoms with Crippen molar-refractivity contribution < 1.29 is 0 Å². The summed E-state index contributed by atoms with van der Waals surface area (Å²) in [5, 5.41) is 0.760. The van der Waals surface area contributed by atoms with E-state index in [2.05, 4.69) is 41.5 Å². The van der Waals surface area contributed by atoms with Crippen LogP contribution in [0.25, 0.3) is 0 Å². The van der Waals surface area contributed by atoms with Crippen molar-refractivity contribution in [1.82, 2.24) is 0 Å². The normalized spacial score (nSPS) is 15.5. The average molecular weight is 173 g/mol. The van der Waals surface area contributed by atoms with Crippen LogP contribution in [-0.4, -0.2) is 11.0 Å². The van der Waals surface area contributed by atoms with Gasteiger partial charge in [0, 0.05) is 5.25 Å². The summed E-state index contributed by atoms with van der Waals surface area (Å²) >= 11 is 2.03. The molecule has 1 atom stereocenters. The second kappa shape index (κ2) is 4.39. The first-order chi connectivity index (χ1) is 4.83. The van der Waals surface area contributed by atoms with Crippen LogP contribution in [-0.2, 0) is 0 Å². The molecule has 0 rings (SSSR count). The summed E-state index contributed by atoms with van der Waals surface area (Å²) in [5.74, 6) is 1.94. The van der Waals surface area contributed by atoms with E-state index >= 15 is 0 Å². The Balaban J connectivity index is 3.54. The Kier molecular flexibility index (Phi) is 4.53. The van der Waals surface area contributed by atoms with Gasteiger partial charge in [0.15, 0.2) is 0 Å². The fourth-order valence-electron chi connectivity index (χ4n) is 0.549. The van der Waals surface area contributed by atoms with Crippen molar-refractivity contribution in [2.75, 3.05) is 5.75 Å². The van der Waals surface area contributed by atoms with Crippen molar-refractivity contribution in [3.63, 3.8) is 0 Å². The lowest BCUT2D eigenvalue weighted by atomic mass is 10.0. The molecule has 1 radical (unpaired) electrons. The minimum absolute atomic E-state index is 0.230. The van der Waals surface area contributed by atoms with Crippen LogP contribution in [0.1, 0.15) is 34.6 Å². The predicted molar refractivity (Wildman–Crippen MR) is 55.9 cm³/mol. The highest BCUT2D eigenvalue weighted by atomic mass is 32.2. The van der Waals surface area contributed by atoms with Crippen LogP contribution < -0.4 is 0 Å². The van der Waals surface area contributed by atoms with E-state index in [1.54, 1.807) is 0 Å². The summed E-state index contributed by atoms with van der Waals surface area (Å²) < 4.78 is 0. The summed E-state index contributed by atoms with van der Waals surface area (Å²) in [7, 11) is 0. The second-order valence-corrected chi connectivity index (χ2v) is 5.79. The molecular formula is C10H21S. The molecule has 0 spiro atoms. The summed E-state index contributed by atoms with van der Waals surface area (Å²) in [5.41, 5.74) is 0.230. The molecule has 0 nitrogen and oxygen atoms in total. The molecule has 0 aromatic heterocycles. The van der Waals surface area contributed by atoms with Gasteiger partial charge in [0.2, 0.25) is 0 Å². The fraction of sp³-hybridized carbons (Fsp3) is 0.900. The molecule has 1 unspecified atom stereocenters. The van der Waals surface area contributed by atoms with E-state index in [9.17, 15) is 0 Å². The summed E-state index contributed by atoms with van der Waals surface area (Å²) in [6, 6.07) is 0. The van der Waals surface area contributed by atoms with Gasteiger partial charge in [0.25, 0.3) is 0 Å². The van der Waals surface area contributed by atoms with Crippen LogP contribution in [0.2, 0.25) is 0 Å². The molecule has 0 bridgehead atoms. The van der Waals surface area contributed by atoms with Crippen LogP contribution in [0.3, 0.4) is 0 Å². The summed E-state index contributed by atoms with van der Waals surface area (Å²) in [4.78, 5) is 0. The maximum absolute atomic E-state index is 4.08. The van der Waals surface area contributed by atoms with Gasteiger partial charge in [0.05, 0.1) is 0 Å². The summed E-state index contributed by atoms with van der Waals surface area (Å²) in [6.45, 7) is 15.3. The molecule has 0 N–H and O–H groups in total. The van der Waals surface area contributed by atoms with Crippen molar-refractivity contribution in [2.45, 2.75) is 39.9 Å². The first-order valence-corrected chi connectivity index (χ1v) is 5.35. The van der Waals surface area contributed by atoms with Gasteiger partial charge in [-0.15, -0.1) is 0 Å². The highest BCUT2D eigenvalue weighted by Crippen LogP contribution is 2.26. The highest BCUT2D eigenvalue weighted by Gasteiger charge is 2.14. The maximum atomic E-state index is 4.08. The third kappa shape index (κ3) is 6.74. The van der Waals surface area contributed by atoms with Gasteiger partial charge in [-0.25, -0.2) is 0 Å². The Morgan fingerprint density at radius 2 is 1.73 bits per heavy atom. The maximum Gasteiger partial charge on any atom is 0.00419 e. The largest absolute Gasteiger partial charge is 0.158 e. The summed E-state index contributed by atoms with van der Waals surface area (Å²) in [6.07, 6.45) is 0. The molecule has 0 aromatic rings. The molecule has 0 aliphatic rings. The lowest BCUT2D eigenvalue weighted by molar-refractivity contribution is 0.546. The third-order valence-electron chi connectivity index (χ3n) is 1.68. The molecule has 0 aromatic carbocycles. The van der Waals surface area contributed by atoms with E-state index < -0.39 is 0 Å². The lowest BCUT2D eigenvalue weighted by Gasteiger charge is -2.22. The topological polar surface area (TPSA) is 0 Å². The van der Waals surface area contributed by atoms with E-state index in [-0.39, 0.29) is 5.41 Å². The molecule has 0 aliphatic heterocycles. The number of hydrogen-bond acceptors (Lipinski definition) is 1. The van der Waals surface area contributed by atoms with Gasteiger partial charge in [-0.2, -0.15) is 11.8 Å². The molecule has 0 aliphatic carbocycles. The molecule has 67 valence electrons. The van der Waals surface area contributed by atoms with E-state index in [0.29, 0.717) is 0 Å². The van der Waals surface area contributed by atoms with Crippen molar-refractivity contribution in [3.05, 3.63) is 6.92 Å². The van der Waals surface area contributed by atoms with Gasteiger partial charge in [0.1, 0.15) is 0 Å². The number of hydrogen-bond donors (Lipinski definition) is 0. The first kappa shape index (κ1) is 11.4. The molecule has 0 amide bonds. The molecule has 0 fully saturated rings. The molecule has 0 saturated carbocycles. The van der Waals surface area contributed by atoms with Gasteiger partial charge in [-0.3, -0.25) is 0 Å². The Morgan fingerprint density at radius 1 is 1.27 bits per heavy atom. The molecule has 1 heteroatoms. The quantitative estimate of drug-likeness (QED) is 0.625. The van der Waals surface area contributed by atoms with E-state index in [1.165, 1.54) is 0 Å². The van der Waals surface area contributed by atoms with Crippen LogP contribution in [0, 0.1) is 18.3 Å². The zero-order valence-electron chi connectivity index (χ0n) is 8.48. The third-order valence-corrected chi connectivity index (χ3v) is 3.69. The van der Waals surface area contributed by atoms with Gasteiger partial charge in [-0.05, 0) is 24.0 Å². The minimum atomic E-state index is 0.230. The second-order valence-electron chi connectivity index (χ2n) is 4.42. The zero-order valence-corrected chi connectivity index (χ0v) is 9.29. The number of rotatable bonds is 4. The van der Waals surface area contributed by atoms with E-state index in [4.69, 9.17) is 0 Å². The van der Waals surface area contributed by atoms with Crippen LogP contribution in [0.15, 0.2) is 0 Å². The van der Waals surface area contributed by atoms with Crippen LogP contribution in [0.5, 0.6) is 0 Å². The van der Waals surface area contributed by atoms with E-state index in [1.807, 2.05) is 11.8 Å². The Morgan fingerprint density at radius 3 is 2.00 bits per heavy atom. The van der Waals surface area contributed by atoms with Crippen molar-refractivity contribution >= 4 is 11.8 Å². The van der Waals surface area contributed by atoms with Gasteiger partial charge in [-0.1, -0.05) is 34.6 Å². The van der Waals surface area contributed by atoms with Crippen LogP contribution >= 0.6 is 11.8 Å². The van der Waals surface area contributed by atoms with Crippen molar-refractivity contribution in [1.29, 1.82) is 0 Å². The van der Waals surface area contributed by atoms with Crippen LogP contribution in [0.4, 0.5) is 0 Å². The Bertz CT molecular complexity index is 99.9. The van der Waals surface area contributed by atoms with E-state index in [0.717, 1.165) is 16.9 Å². The SMILES string of the molecule is [CH2]C(C)(C)CSC(C)C(C)C. The fourth-order valence-corrected chi connectivity index (χ4v) is 1.65. The monoisotopic (exact) mass is 173 g/mol. The first-order valence-electron chi connectivity index (χ1n) is 4.30. The molecule has 0 saturated heterocycles. The molecular weight excluding hydrogens is 152 g/mol. The predicted octanol–water partition coefficient (Wildman–Crippen LogP) is 3.62. The van der Waals surface area contributed by atoms with Crippen molar-refractivity contribution in [3.8, 4) is 0 Å². The zero-order chi connectivity index (χ0) is 9.07. The smallest absolute Gasteiger partial charge is 0.00419 e. The Hall–Kier alpha value is 0.350. The highest BCUT2D eigenvalue weighted by molar-refractivity contribution is 7.99. The average Bonchev–Trinajstić information content (AvgIpc) is 1.80.